The van der Waals surface area contributed by atoms with E-state index in [2.05, 4.69) is 0 Å². The van der Waals surface area contributed by atoms with Gasteiger partial charge in [-0.1, -0.05) is 0 Å². The smallest absolute Gasteiger partial charge is 0.311 e. The van der Waals surface area contributed by atoms with E-state index < -0.39 is 11.9 Å². The number of hydrogen-bond donors (Lipinski definition) is 1. The molecule has 1 N–H and O–H groups in total. The van der Waals surface area contributed by atoms with E-state index in [0.717, 1.165) is 21.1 Å². The summed E-state index contributed by atoms with van der Waals surface area (Å²) in [5, 5.41) is 8.97. The molecule has 0 spiro atoms. The highest BCUT2D eigenvalue weighted by atomic mass is 32.1. The number of rotatable bonds is 4. The minimum atomic E-state index is -0.793. The normalized spacial score (nSPS) is 12.1. The SMILES string of the molecule is COc1ccc(-c2ccc(C(C)C(=O)O)s2)cc1. The molecule has 0 aliphatic heterocycles. The first-order chi connectivity index (χ1) is 8.61. The molecule has 2 aromatic rings. The second-order valence-electron chi connectivity index (χ2n) is 3.99. The number of carbonyl (C=O) groups is 1. The Bertz CT molecular complexity index is 542. The molecule has 3 nitrogen and oxygen atoms in total. The standard InChI is InChI=1S/C14H14O3S/c1-9(14(15)16)12-7-8-13(18-12)10-3-5-11(17-2)6-4-10/h3-9H,1-2H3,(H,15,16). The molecule has 2 rings (SSSR count). The van der Waals surface area contributed by atoms with Gasteiger partial charge in [0.1, 0.15) is 5.75 Å². The third kappa shape index (κ3) is 2.54. The van der Waals surface area contributed by atoms with Gasteiger partial charge in [-0.25, -0.2) is 0 Å². The summed E-state index contributed by atoms with van der Waals surface area (Å²) in [5.74, 6) is -0.436. The fraction of sp³-hybridized carbons (Fsp3) is 0.214. The van der Waals surface area contributed by atoms with Crippen LogP contribution in [0.1, 0.15) is 17.7 Å². The van der Waals surface area contributed by atoms with Crippen LogP contribution in [0.2, 0.25) is 0 Å². The summed E-state index contributed by atoms with van der Waals surface area (Å²) in [5.41, 5.74) is 1.07. The van der Waals surface area contributed by atoms with Crippen LogP contribution in [-0.2, 0) is 4.79 Å². The van der Waals surface area contributed by atoms with Crippen LogP contribution in [0.25, 0.3) is 10.4 Å². The lowest BCUT2D eigenvalue weighted by Gasteiger charge is -2.02. The van der Waals surface area contributed by atoms with Crippen LogP contribution in [0.5, 0.6) is 5.75 Å². The first-order valence-corrected chi connectivity index (χ1v) is 6.40. The number of hydrogen-bond acceptors (Lipinski definition) is 3. The summed E-state index contributed by atoms with van der Waals surface area (Å²) >= 11 is 1.51. The lowest BCUT2D eigenvalue weighted by atomic mass is 10.1. The number of ether oxygens (including phenoxy) is 1. The number of aliphatic carboxylic acids is 1. The first-order valence-electron chi connectivity index (χ1n) is 5.59. The Labute approximate surface area is 110 Å². The Balaban J connectivity index is 2.26. The number of carboxylic acids is 1. The van der Waals surface area contributed by atoms with Crippen molar-refractivity contribution in [3.05, 3.63) is 41.3 Å². The fourth-order valence-electron chi connectivity index (χ4n) is 1.62. The average Bonchev–Trinajstić information content (AvgIpc) is 2.87. The molecule has 0 amide bonds. The number of benzene rings is 1. The van der Waals surface area contributed by atoms with Crippen molar-refractivity contribution in [1.29, 1.82) is 0 Å². The Morgan fingerprint density at radius 2 is 1.89 bits per heavy atom. The van der Waals surface area contributed by atoms with Gasteiger partial charge in [-0.05, 0) is 48.9 Å². The van der Waals surface area contributed by atoms with Gasteiger partial charge in [-0.3, -0.25) is 4.79 Å². The van der Waals surface area contributed by atoms with Crippen molar-refractivity contribution in [2.45, 2.75) is 12.8 Å². The fourth-order valence-corrected chi connectivity index (χ4v) is 2.68. The Kier molecular flexibility index (Phi) is 3.67. The van der Waals surface area contributed by atoms with Gasteiger partial charge in [-0.15, -0.1) is 11.3 Å². The molecule has 0 fully saturated rings. The summed E-state index contributed by atoms with van der Waals surface area (Å²) < 4.78 is 5.11. The Morgan fingerprint density at radius 1 is 1.22 bits per heavy atom. The van der Waals surface area contributed by atoms with Crippen molar-refractivity contribution in [2.75, 3.05) is 7.11 Å². The Hall–Kier alpha value is -1.81. The molecule has 0 bridgehead atoms. The van der Waals surface area contributed by atoms with Crippen LogP contribution in [0, 0.1) is 0 Å². The maximum atomic E-state index is 10.9. The zero-order valence-electron chi connectivity index (χ0n) is 10.2. The predicted molar refractivity (Wildman–Crippen MR) is 72.4 cm³/mol. The number of methoxy groups -OCH3 is 1. The molecule has 94 valence electrons. The summed E-state index contributed by atoms with van der Waals surface area (Å²) in [6.07, 6.45) is 0. The highest BCUT2D eigenvalue weighted by molar-refractivity contribution is 7.15. The monoisotopic (exact) mass is 262 g/mol. The first kappa shape index (κ1) is 12.6. The van der Waals surface area contributed by atoms with Gasteiger partial charge in [0.25, 0.3) is 0 Å². The highest BCUT2D eigenvalue weighted by Gasteiger charge is 2.16. The summed E-state index contributed by atoms with van der Waals surface area (Å²) in [6.45, 7) is 1.70. The van der Waals surface area contributed by atoms with Gasteiger partial charge in [-0.2, -0.15) is 0 Å². The van der Waals surface area contributed by atoms with Crippen molar-refractivity contribution in [3.63, 3.8) is 0 Å². The maximum absolute atomic E-state index is 10.9. The third-order valence-electron chi connectivity index (χ3n) is 2.80. The van der Waals surface area contributed by atoms with Gasteiger partial charge in [0.05, 0.1) is 13.0 Å². The van der Waals surface area contributed by atoms with Crippen molar-refractivity contribution < 1.29 is 14.6 Å². The van der Waals surface area contributed by atoms with Crippen LogP contribution in [0.3, 0.4) is 0 Å². The van der Waals surface area contributed by atoms with Crippen LogP contribution in [0.15, 0.2) is 36.4 Å². The molecule has 1 unspecified atom stereocenters. The van der Waals surface area contributed by atoms with Crippen LogP contribution >= 0.6 is 11.3 Å². The molecule has 0 saturated heterocycles. The predicted octanol–water partition coefficient (Wildman–Crippen LogP) is 3.61. The maximum Gasteiger partial charge on any atom is 0.311 e. The zero-order chi connectivity index (χ0) is 13.1. The second kappa shape index (κ2) is 5.23. The van der Waals surface area contributed by atoms with Crippen molar-refractivity contribution >= 4 is 17.3 Å². The highest BCUT2D eigenvalue weighted by Crippen LogP contribution is 2.33. The van der Waals surface area contributed by atoms with Gasteiger partial charge in [0.2, 0.25) is 0 Å². The minimum Gasteiger partial charge on any atom is -0.497 e. The van der Waals surface area contributed by atoms with E-state index in [1.54, 1.807) is 14.0 Å². The summed E-state index contributed by atoms with van der Waals surface area (Å²) in [7, 11) is 1.63. The molecular weight excluding hydrogens is 248 g/mol. The van der Waals surface area contributed by atoms with Crippen molar-refractivity contribution in [1.82, 2.24) is 0 Å². The molecule has 1 aromatic carbocycles. The number of thiophene rings is 1. The third-order valence-corrected chi connectivity index (χ3v) is 4.12. The van der Waals surface area contributed by atoms with E-state index in [4.69, 9.17) is 9.84 Å². The van der Waals surface area contributed by atoms with Crippen molar-refractivity contribution in [3.8, 4) is 16.2 Å². The molecule has 0 aliphatic rings. The summed E-state index contributed by atoms with van der Waals surface area (Å²) in [6, 6.07) is 11.6. The molecule has 0 aliphatic carbocycles. The van der Waals surface area contributed by atoms with Crippen LogP contribution in [-0.4, -0.2) is 18.2 Å². The molecule has 1 aromatic heterocycles. The molecule has 1 heterocycles. The minimum absolute atomic E-state index is 0.456. The Morgan fingerprint density at radius 3 is 2.44 bits per heavy atom. The molecule has 1 atom stereocenters. The lowest BCUT2D eigenvalue weighted by Crippen LogP contribution is -2.04. The van der Waals surface area contributed by atoms with E-state index in [9.17, 15) is 4.79 Å². The van der Waals surface area contributed by atoms with Crippen molar-refractivity contribution in [2.24, 2.45) is 0 Å². The van der Waals surface area contributed by atoms with E-state index in [1.807, 2.05) is 36.4 Å². The molecule has 0 radical (unpaired) electrons. The van der Waals surface area contributed by atoms with Crippen LogP contribution < -0.4 is 4.74 Å². The van der Waals surface area contributed by atoms with E-state index in [-0.39, 0.29) is 0 Å². The largest absolute Gasteiger partial charge is 0.497 e. The molecule has 4 heteroatoms. The van der Waals surface area contributed by atoms with Gasteiger partial charge in [0, 0.05) is 9.75 Å². The van der Waals surface area contributed by atoms with Gasteiger partial charge < -0.3 is 9.84 Å². The second-order valence-corrected chi connectivity index (χ2v) is 5.11. The lowest BCUT2D eigenvalue weighted by molar-refractivity contribution is -0.138. The average molecular weight is 262 g/mol. The van der Waals surface area contributed by atoms with Gasteiger partial charge in [0.15, 0.2) is 0 Å². The number of carboxylic acid groups (broad SMARTS) is 1. The van der Waals surface area contributed by atoms with Gasteiger partial charge >= 0.3 is 5.97 Å². The van der Waals surface area contributed by atoms with E-state index >= 15 is 0 Å². The van der Waals surface area contributed by atoms with Crippen LogP contribution in [0.4, 0.5) is 0 Å². The molecule has 0 saturated carbocycles. The quantitative estimate of drug-likeness (QED) is 0.915. The summed E-state index contributed by atoms with van der Waals surface area (Å²) in [4.78, 5) is 12.9. The topological polar surface area (TPSA) is 46.5 Å². The molecular formula is C14H14O3S. The van der Waals surface area contributed by atoms with E-state index in [0.29, 0.717) is 0 Å². The molecule has 18 heavy (non-hydrogen) atoms. The zero-order valence-corrected chi connectivity index (χ0v) is 11.0. The van der Waals surface area contributed by atoms with E-state index in [1.165, 1.54) is 11.3 Å².